The van der Waals surface area contributed by atoms with Crippen molar-refractivity contribution in [1.29, 1.82) is 0 Å². The Morgan fingerprint density at radius 2 is 1.00 bits per heavy atom. The van der Waals surface area contributed by atoms with E-state index in [9.17, 15) is 0 Å². The summed E-state index contributed by atoms with van der Waals surface area (Å²) in [4.78, 5) is 0. The van der Waals surface area contributed by atoms with Crippen molar-refractivity contribution >= 4 is 51.4 Å². The van der Waals surface area contributed by atoms with E-state index in [1.54, 1.807) is 0 Å². The Morgan fingerprint density at radius 3 is 1.00 bits per heavy atom. The monoisotopic (exact) mass is 195 g/mol. The van der Waals surface area contributed by atoms with Gasteiger partial charge in [-0.05, 0) is 0 Å². The van der Waals surface area contributed by atoms with Crippen molar-refractivity contribution in [2.75, 3.05) is 0 Å². The van der Waals surface area contributed by atoms with Gasteiger partial charge in [0.1, 0.15) is 0 Å². The molecule has 0 aromatic rings. The SMILES string of the molecule is [Al].[Co].[MgH2].[Mn].[Si]. The summed E-state index contributed by atoms with van der Waals surface area (Å²) in [5, 5.41) is 0. The molecule has 5 heavy (non-hydrogen) atoms. The fourth-order valence-corrected chi connectivity index (χ4v) is 0. The van der Waals surface area contributed by atoms with E-state index >= 15 is 0 Å². The Hall–Kier alpha value is 2.54. The molecule has 0 aliphatic heterocycles. The van der Waals surface area contributed by atoms with Crippen LogP contribution in [-0.2, 0) is 33.8 Å². The standard InChI is InChI=1S/Al.Co.Mg.Mn.Si.2H. The summed E-state index contributed by atoms with van der Waals surface area (Å²) in [5.74, 6) is 0. The topological polar surface area (TPSA) is 0 Å². The molecule has 27 valence electrons. The average Bonchev–Trinajstić information content (AvgIpc) is 0. The van der Waals surface area contributed by atoms with Gasteiger partial charge in [-0.25, -0.2) is 0 Å². The summed E-state index contributed by atoms with van der Waals surface area (Å²) in [5.41, 5.74) is 0. The minimum absolute atomic E-state index is 0. The van der Waals surface area contributed by atoms with E-state index < -0.39 is 0 Å². The molecule has 0 unspecified atom stereocenters. The van der Waals surface area contributed by atoms with Gasteiger partial charge in [-0.1, -0.05) is 0 Å². The quantitative estimate of drug-likeness (QED) is 0.405. The number of hydrogen-bond donors (Lipinski definition) is 0. The minimum Gasteiger partial charge on any atom is 0 e. The largest absolute Gasteiger partial charge is 0.316 e. The van der Waals surface area contributed by atoms with E-state index in [-0.39, 0.29) is 85.2 Å². The van der Waals surface area contributed by atoms with Crippen molar-refractivity contribution in [2.24, 2.45) is 0 Å². The van der Waals surface area contributed by atoms with E-state index in [0.29, 0.717) is 0 Å². The summed E-state index contributed by atoms with van der Waals surface area (Å²) in [6.07, 6.45) is 0. The molecular weight excluding hydrogens is 193 g/mol. The molecule has 0 saturated heterocycles. The van der Waals surface area contributed by atoms with Crippen LogP contribution in [0.25, 0.3) is 0 Å². The second-order valence-electron chi connectivity index (χ2n) is 0. The molecule has 0 N–H and O–H groups in total. The van der Waals surface area contributed by atoms with Crippen LogP contribution in [0.15, 0.2) is 0 Å². The Labute approximate surface area is 84.2 Å². The molecule has 0 nitrogen and oxygen atoms in total. The van der Waals surface area contributed by atoms with Crippen molar-refractivity contribution in [3.63, 3.8) is 0 Å². The molecule has 0 heterocycles. The maximum Gasteiger partial charge on any atom is 0.316 e. The normalized spacial score (nSPS) is 0. The maximum absolute atomic E-state index is 0. The van der Waals surface area contributed by atoms with Gasteiger partial charge in [-0.2, -0.15) is 0 Å². The summed E-state index contributed by atoms with van der Waals surface area (Å²) in [6.45, 7) is 0. The summed E-state index contributed by atoms with van der Waals surface area (Å²) >= 11 is 0. The van der Waals surface area contributed by atoms with Crippen molar-refractivity contribution in [3.8, 4) is 0 Å². The van der Waals surface area contributed by atoms with Crippen LogP contribution in [0.1, 0.15) is 0 Å². The van der Waals surface area contributed by atoms with Gasteiger partial charge in [-0.3, -0.25) is 0 Å². The van der Waals surface area contributed by atoms with Gasteiger partial charge < -0.3 is 0 Å². The zero-order valence-corrected chi connectivity index (χ0v) is 6.16. The summed E-state index contributed by atoms with van der Waals surface area (Å²) in [7, 11) is 0. The number of hydrogen-bond acceptors (Lipinski definition) is 0. The molecule has 0 saturated carbocycles. The van der Waals surface area contributed by atoms with Crippen molar-refractivity contribution in [3.05, 3.63) is 0 Å². The first-order valence-corrected chi connectivity index (χ1v) is 0. The Bertz CT molecular complexity index is 11.6. The van der Waals surface area contributed by atoms with Crippen LogP contribution in [0.2, 0.25) is 0 Å². The third kappa shape index (κ3) is 20.9. The maximum atomic E-state index is 0. The molecule has 0 bridgehead atoms. The molecule has 0 fully saturated rings. The van der Waals surface area contributed by atoms with Gasteiger partial charge in [0.15, 0.2) is 0 Å². The molecule has 0 aliphatic rings. The first-order chi connectivity index (χ1) is 0. The fraction of sp³-hybridized carbons (Fsp3) is 0. The van der Waals surface area contributed by atoms with Gasteiger partial charge in [0, 0.05) is 62.2 Å². The minimum atomic E-state index is 0. The second kappa shape index (κ2) is 31.1. The molecule has 0 spiro atoms. The molecule has 0 rings (SSSR count). The molecular formula is H2AlCoMgMnSi. The van der Waals surface area contributed by atoms with Crippen molar-refractivity contribution in [2.45, 2.75) is 0 Å². The Balaban J connectivity index is 0. The van der Waals surface area contributed by atoms with E-state index in [4.69, 9.17) is 0 Å². The fourth-order valence-electron chi connectivity index (χ4n) is 0. The van der Waals surface area contributed by atoms with Gasteiger partial charge in [0.25, 0.3) is 0 Å². The average molecular weight is 195 g/mol. The van der Waals surface area contributed by atoms with Crippen LogP contribution in [0, 0.1) is 0 Å². The van der Waals surface area contributed by atoms with Crippen molar-refractivity contribution in [1.82, 2.24) is 0 Å². The first kappa shape index (κ1) is 50.0. The third-order valence-electron chi connectivity index (χ3n) is 0. The molecule has 0 aliphatic carbocycles. The third-order valence-corrected chi connectivity index (χ3v) is 0. The Morgan fingerprint density at radius 1 is 1.00 bits per heavy atom. The van der Waals surface area contributed by atoms with Crippen LogP contribution in [-0.4, -0.2) is 51.4 Å². The van der Waals surface area contributed by atoms with Crippen LogP contribution in [0.5, 0.6) is 0 Å². The van der Waals surface area contributed by atoms with Crippen LogP contribution in [0.3, 0.4) is 0 Å². The predicted molar refractivity (Wildman–Crippen MR) is 20.1 cm³/mol. The molecule has 9 radical (unpaired) electrons. The number of rotatable bonds is 0. The van der Waals surface area contributed by atoms with E-state index in [1.165, 1.54) is 0 Å². The van der Waals surface area contributed by atoms with E-state index in [0.717, 1.165) is 0 Å². The van der Waals surface area contributed by atoms with Gasteiger partial charge >= 0.3 is 23.1 Å². The molecule has 0 atom stereocenters. The predicted octanol–water partition coefficient (Wildman–Crippen LogP) is -1.68. The molecule has 5 heteroatoms. The van der Waals surface area contributed by atoms with Crippen LogP contribution >= 0.6 is 0 Å². The summed E-state index contributed by atoms with van der Waals surface area (Å²) < 4.78 is 0. The molecule has 0 aromatic heterocycles. The van der Waals surface area contributed by atoms with Crippen LogP contribution < -0.4 is 0 Å². The molecule has 0 aromatic carbocycles. The summed E-state index contributed by atoms with van der Waals surface area (Å²) in [6, 6.07) is 0. The second-order valence-corrected chi connectivity index (χ2v) is 0. The van der Waals surface area contributed by atoms with E-state index in [2.05, 4.69) is 0 Å². The van der Waals surface area contributed by atoms with Gasteiger partial charge in [0.2, 0.25) is 0 Å². The zero-order chi connectivity index (χ0) is 0. The van der Waals surface area contributed by atoms with Crippen molar-refractivity contribution < 1.29 is 33.8 Å². The van der Waals surface area contributed by atoms with E-state index in [1.807, 2.05) is 0 Å². The first-order valence-electron chi connectivity index (χ1n) is 0. The van der Waals surface area contributed by atoms with Gasteiger partial charge in [0.05, 0.1) is 0 Å². The zero-order valence-electron chi connectivity index (χ0n) is 1.79. The smallest absolute Gasteiger partial charge is 0 e. The van der Waals surface area contributed by atoms with Gasteiger partial charge in [-0.15, -0.1) is 0 Å². The molecule has 0 amide bonds. The Kier molecular flexibility index (Phi) is 311. The van der Waals surface area contributed by atoms with Crippen LogP contribution in [0.4, 0.5) is 0 Å².